The van der Waals surface area contributed by atoms with Crippen LogP contribution in [0, 0.1) is 11.3 Å². The maximum Gasteiger partial charge on any atom is 0.237 e. The van der Waals surface area contributed by atoms with Crippen molar-refractivity contribution in [3.63, 3.8) is 0 Å². The highest BCUT2D eigenvalue weighted by Gasteiger charge is 2.19. The predicted molar refractivity (Wildman–Crippen MR) is 99.3 cm³/mol. The fourth-order valence-corrected chi connectivity index (χ4v) is 3.11. The molecule has 0 saturated carbocycles. The highest BCUT2D eigenvalue weighted by molar-refractivity contribution is 8.00. The van der Waals surface area contributed by atoms with Crippen LogP contribution in [0.15, 0.2) is 53.9 Å². The smallest absolute Gasteiger partial charge is 0.237 e. The molecule has 0 fully saturated rings. The number of anilines is 1. The van der Waals surface area contributed by atoms with Crippen molar-refractivity contribution in [3.8, 4) is 17.5 Å². The second-order valence-corrected chi connectivity index (χ2v) is 6.85. The van der Waals surface area contributed by atoms with Gasteiger partial charge in [0.1, 0.15) is 0 Å². The lowest BCUT2D eigenvalue weighted by Crippen LogP contribution is -2.22. The molecule has 0 unspecified atom stereocenters. The van der Waals surface area contributed by atoms with Gasteiger partial charge in [-0.05, 0) is 37.3 Å². The standard InChI is InChI=1S/C18H16N6OS/c1-12(17(25)21-15-5-3-4-13(10-15)11-19)26-18-23-22-16(24(18)2)14-6-8-20-9-7-14/h3-10,12H,1-2H3,(H,21,25)/t12-/m1/s1. The van der Waals surface area contributed by atoms with E-state index >= 15 is 0 Å². The Morgan fingerprint density at radius 2 is 2.04 bits per heavy atom. The molecule has 26 heavy (non-hydrogen) atoms. The zero-order chi connectivity index (χ0) is 18.5. The molecule has 0 spiro atoms. The van der Waals surface area contributed by atoms with Crippen LogP contribution >= 0.6 is 11.8 Å². The topological polar surface area (TPSA) is 96.5 Å². The summed E-state index contributed by atoms with van der Waals surface area (Å²) in [6.07, 6.45) is 3.39. The third kappa shape index (κ3) is 3.90. The van der Waals surface area contributed by atoms with E-state index in [1.165, 1.54) is 11.8 Å². The van der Waals surface area contributed by atoms with Gasteiger partial charge in [0.05, 0.1) is 16.9 Å². The molecule has 0 aliphatic rings. The second-order valence-electron chi connectivity index (χ2n) is 5.54. The van der Waals surface area contributed by atoms with Crippen LogP contribution in [-0.4, -0.2) is 30.9 Å². The van der Waals surface area contributed by atoms with Gasteiger partial charge in [-0.1, -0.05) is 17.8 Å². The van der Waals surface area contributed by atoms with E-state index in [2.05, 4.69) is 26.6 Å². The van der Waals surface area contributed by atoms with Crippen LogP contribution in [0.5, 0.6) is 0 Å². The number of carbonyl (C=O) groups excluding carboxylic acids is 1. The summed E-state index contributed by atoms with van der Waals surface area (Å²) in [5.74, 6) is 0.544. The molecule has 0 aliphatic carbocycles. The first kappa shape index (κ1) is 17.6. The molecule has 1 aromatic carbocycles. The van der Waals surface area contributed by atoms with Crippen LogP contribution in [-0.2, 0) is 11.8 Å². The van der Waals surface area contributed by atoms with Gasteiger partial charge in [-0.15, -0.1) is 10.2 Å². The molecular formula is C18H16N6OS. The molecule has 1 atom stereocenters. The first-order chi connectivity index (χ1) is 12.6. The van der Waals surface area contributed by atoms with Gasteiger partial charge in [0.15, 0.2) is 11.0 Å². The zero-order valence-electron chi connectivity index (χ0n) is 14.2. The molecule has 0 bridgehead atoms. The molecule has 0 radical (unpaired) electrons. The molecule has 1 amide bonds. The molecular weight excluding hydrogens is 348 g/mol. The fraction of sp³-hybridized carbons (Fsp3) is 0.167. The van der Waals surface area contributed by atoms with Gasteiger partial charge in [0, 0.05) is 30.7 Å². The van der Waals surface area contributed by atoms with Crippen LogP contribution in [0.4, 0.5) is 5.69 Å². The lowest BCUT2D eigenvalue weighted by atomic mass is 10.2. The van der Waals surface area contributed by atoms with Crippen molar-refractivity contribution in [1.82, 2.24) is 19.7 Å². The molecule has 2 heterocycles. The summed E-state index contributed by atoms with van der Waals surface area (Å²) in [5.41, 5.74) is 2.00. The Hall–Kier alpha value is -3.18. The molecule has 1 N–H and O–H groups in total. The van der Waals surface area contributed by atoms with Crippen LogP contribution in [0.25, 0.3) is 11.4 Å². The van der Waals surface area contributed by atoms with Crippen molar-refractivity contribution in [2.45, 2.75) is 17.3 Å². The van der Waals surface area contributed by atoms with Crippen molar-refractivity contribution in [2.24, 2.45) is 7.05 Å². The number of nitrogens with zero attached hydrogens (tertiary/aromatic N) is 5. The number of hydrogen-bond donors (Lipinski definition) is 1. The fourth-order valence-electron chi connectivity index (χ4n) is 2.29. The van der Waals surface area contributed by atoms with E-state index in [0.29, 0.717) is 22.2 Å². The molecule has 130 valence electrons. The molecule has 7 nitrogen and oxygen atoms in total. The van der Waals surface area contributed by atoms with Gasteiger partial charge >= 0.3 is 0 Å². The van der Waals surface area contributed by atoms with Gasteiger partial charge in [0.25, 0.3) is 0 Å². The minimum atomic E-state index is -0.381. The maximum atomic E-state index is 12.4. The number of pyridine rings is 1. The summed E-state index contributed by atoms with van der Waals surface area (Å²) in [6.45, 7) is 1.80. The molecule has 3 aromatic rings. The number of hydrogen-bond acceptors (Lipinski definition) is 6. The summed E-state index contributed by atoms with van der Waals surface area (Å²) in [7, 11) is 1.86. The lowest BCUT2D eigenvalue weighted by molar-refractivity contribution is -0.115. The Morgan fingerprint density at radius 3 is 2.77 bits per heavy atom. The number of benzene rings is 1. The first-order valence-corrected chi connectivity index (χ1v) is 8.74. The maximum absolute atomic E-state index is 12.4. The van der Waals surface area contributed by atoms with Gasteiger partial charge in [-0.3, -0.25) is 9.78 Å². The Labute approximate surface area is 155 Å². The Bertz CT molecular complexity index is 963. The van der Waals surface area contributed by atoms with Crippen molar-refractivity contribution >= 4 is 23.4 Å². The minimum absolute atomic E-state index is 0.168. The summed E-state index contributed by atoms with van der Waals surface area (Å²) in [5, 5.41) is 20.4. The van der Waals surface area contributed by atoms with Gasteiger partial charge in [-0.25, -0.2) is 0 Å². The van der Waals surface area contributed by atoms with Crippen LogP contribution in [0.2, 0.25) is 0 Å². The molecule has 3 rings (SSSR count). The van der Waals surface area contributed by atoms with Gasteiger partial charge in [-0.2, -0.15) is 5.26 Å². The van der Waals surface area contributed by atoms with Crippen molar-refractivity contribution in [2.75, 3.05) is 5.32 Å². The first-order valence-electron chi connectivity index (χ1n) is 7.86. The van der Waals surface area contributed by atoms with E-state index < -0.39 is 0 Å². The summed E-state index contributed by atoms with van der Waals surface area (Å²) in [6, 6.07) is 12.6. The van der Waals surface area contributed by atoms with Crippen LogP contribution in [0.3, 0.4) is 0 Å². The summed E-state index contributed by atoms with van der Waals surface area (Å²) in [4.78, 5) is 16.4. The number of nitriles is 1. The Kier molecular flexibility index (Phi) is 5.29. The number of rotatable bonds is 5. The zero-order valence-corrected chi connectivity index (χ0v) is 15.1. The third-order valence-corrected chi connectivity index (χ3v) is 4.82. The molecule has 0 saturated heterocycles. The minimum Gasteiger partial charge on any atom is -0.325 e. The number of amides is 1. The van der Waals surface area contributed by atoms with Gasteiger partial charge in [0.2, 0.25) is 5.91 Å². The lowest BCUT2D eigenvalue weighted by Gasteiger charge is -2.12. The third-order valence-electron chi connectivity index (χ3n) is 3.68. The van der Waals surface area contributed by atoms with Crippen LogP contribution in [0.1, 0.15) is 12.5 Å². The van der Waals surface area contributed by atoms with E-state index in [1.54, 1.807) is 43.6 Å². The van der Waals surface area contributed by atoms with E-state index in [-0.39, 0.29) is 11.2 Å². The Morgan fingerprint density at radius 1 is 1.27 bits per heavy atom. The second kappa shape index (κ2) is 7.80. The van der Waals surface area contributed by atoms with E-state index in [1.807, 2.05) is 23.7 Å². The summed E-state index contributed by atoms with van der Waals surface area (Å²) < 4.78 is 1.85. The monoisotopic (exact) mass is 364 g/mol. The normalized spacial score (nSPS) is 11.6. The van der Waals surface area contributed by atoms with Crippen molar-refractivity contribution < 1.29 is 4.79 Å². The highest BCUT2D eigenvalue weighted by atomic mass is 32.2. The molecule has 0 aliphatic heterocycles. The summed E-state index contributed by atoms with van der Waals surface area (Å²) >= 11 is 1.32. The van der Waals surface area contributed by atoms with Crippen LogP contribution < -0.4 is 5.32 Å². The Balaban J connectivity index is 1.70. The molecule has 8 heteroatoms. The number of carbonyl (C=O) groups is 1. The number of thioether (sulfide) groups is 1. The predicted octanol–water partition coefficient (Wildman–Crippen LogP) is 2.87. The largest absolute Gasteiger partial charge is 0.325 e. The van der Waals surface area contributed by atoms with E-state index in [4.69, 9.17) is 5.26 Å². The quantitative estimate of drug-likeness (QED) is 0.699. The van der Waals surface area contributed by atoms with Crippen molar-refractivity contribution in [1.29, 1.82) is 5.26 Å². The van der Waals surface area contributed by atoms with E-state index in [0.717, 1.165) is 5.56 Å². The van der Waals surface area contributed by atoms with Crippen molar-refractivity contribution in [3.05, 3.63) is 54.4 Å². The highest BCUT2D eigenvalue weighted by Crippen LogP contribution is 2.26. The average Bonchev–Trinajstić information content (AvgIpc) is 3.03. The molecule has 2 aromatic heterocycles. The van der Waals surface area contributed by atoms with Gasteiger partial charge < -0.3 is 9.88 Å². The number of aromatic nitrogens is 4. The van der Waals surface area contributed by atoms with E-state index in [9.17, 15) is 4.79 Å². The number of nitrogens with one attached hydrogen (secondary N) is 1. The average molecular weight is 364 g/mol. The SMILES string of the molecule is C[C@@H](Sc1nnc(-c2ccncc2)n1C)C(=O)Nc1cccc(C#N)c1.